The van der Waals surface area contributed by atoms with E-state index in [4.69, 9.17) is 5.73 Å². The van der Waals surface area contributed by atoms with E-state index in [1.165, 1.54) is 11.5 Å². The Bertz CT molecular complexity index is 245. The Morgan fingerprint density at radius 2 is 2.60 bits per heavy atom. The number of aromatic nitrogens is 1. The van der Waals surface area contributed by atoms with Gasteiger partial charge in [-0.15, -0.1) is 0 Å². The summed E-state index contributed by atoms with van der Waals surface area (Å²) < 4.78 is 3.79. The summed E-state index contributed by atoms with van der Waals surface area (Å²) in [5.41, 5.74) is 6.15. The van der Waals surface area contributed by atoms with E-state index in [1.807, 2.05) is 0 Å². The number of anilines is 1. The van der Waals surface area contributed by atoms with Crippen LogP contribution in [0.5, 0.6) is 0 Å². The second-order valence-electron chi connectivity index (χ2n) is 1.70. The first-order valence-corrected chi connectivity index (χ1v) is 3.51. The molecule has 1 aromatic rings. The van der Waals surface area contributed by atoms with Gasteiger partial charge in [-0.2, -0.15) is 4.37 Å². The average molecular weight is 157 g/mol. The van der Waals surface area contributed by atoms with Gasteiger partial charge in [0.2, 0.25) is 0 Å². The van der Waals surface area contributed by atoms with Crippen molar-refractivity contribution in [2.75, 3.05) is 12.8 Å². The van der Waals surface area contributed by atoms with Crippen molar-refractivity contribution in [3.63, 3.8) is 0 Å². The zero-order valence-corrected chi connectivity index (χ0v) is 6.23. The lowest BCUT2D eigenvalue weighted by molar-refractivity contribution is 0.0960. The zero-order chi connectivity index (χ0) is 7.56. The summed E-state index contributed by atoms with van der Waals surface area (Å²) in [5.74, 6) is -0.237. The molecule has 0 spiro atoms. The highest BCUT2D eigenvalue weighted by molar-refractivity contribution is 7.04. The number of nitrogens with one attached hydrogen (secondary N) is 1. The van der Waals surface area contributed by atoms with Gasteiger partial charge in [-0.25, -0.2) is 0 Å². The van der Waals surface area contributed by atoms with Gasteiger partial charge in [-0.05, 0) is 11.5 Å². The molecule has 0 unspecified atom stereocenters. The minimum absolute atomic E-state index is 0.237. The van der Waals surface area contributed by atoms with Crippen molar-refractivity contribution in [1.82, 2.24) is 9.69 Å². The minimum atomic E-state index is -0.237. The van der Waals surface area contributed by atoms with E-state index in [0.29, 0.717) is 11.4 Å². The summed E-state index contributed by atoms with van der Waals surface area (Å²) in [6.07, 6.45) is 0. The van der Waals surface area contributed by atoms with Crippen LogP contribution < -0.4 is 11.1 Å². The van der Waals surface area contributed by atoms with Gasteiger partial charge in [0.15, 0.2) is 5.69 Å². The average Bonchev–Trinajstić information content (AvgIpc) is 2.34. The van der Waals surface area contributed by atoms with E-state index in [-0.39, 0.29) is 5.91 Å². The summed E-state index contributed by atoms with van der Waals surface area (Å²) in [7, 11) is 1.54. The normalized spacial score (nSPS) is 9.30. The molecule has 0 aliphatic heterocycles. The highest BCUT2D eigenvalue weighted by Gasteiger charge is 2.09. The molecular weight excluding hydrogens is 150 g/mol. The highest BCUT2D eigenvalue weighted by Crippen LogP contribution is 2.11. The Hall–Kier alpha value is -1.10. The van der Waals surface area contributed by atoms with Crippen LogP contribution in [0.15, 0.2) is 5.38 Å². The first-order chi connectivity index (χ1) is 4.75. The summed E-state index contributed by atoms with van der Waals surface area (Å²) in [6, 6.07) is 0. The lowest BCUT2D eigenvalue weighted by Crippen LogP contribution is -2.19. The van der Waals surface area contributed by atoms with E-state index >= 15 is 0 Å². The topological polar surface area (TPSA) is 68.0 Å². The number of hydrogen-bond acceptors (Lipinski definition) is 4. The third-order valence-electron chi connectivity index (χ3n) is 1.04. The lowest BCUT2D eigenvalue weighted by Gasteiger charge is -1.93. The molecule has 1 amide bonds. The maximum atomic E-state index is 10.8. The molecule has 0 atom stereocenters. The largest absolute Gasteiger partial charge is 0.396 e. The van der Waals surface area contributed by atoms with Crippen LogP contribution in [-0.4, -0.2) is 17.3 Å². The van der Waals surface area contributed by atoms with Gasteiger partial charge in [0.1, 0.15) is 0 Å². The van der Waals surface area contributed by atoms with E-state index in [1.54, 1.807) is 12.4 Å². The van der Waals surface area contributed by atoms with Crippen LogP contribution in [-0.2, 0) is 0 Å². The van der Waals surface area contributed by atoms with Crippen molar-refractivity contribution < 1.29 is 4.79 Å². The van der Waals surface area contributed by atoms with Gasteiger partial charge < -0.3 is 11.1 Å². The van der Waals surface area contributed by atoms with Crippen LogP contribution in [0.1, 0.15) is 10.5 Å². The van der Waals surface area contributed by atoms with Crippen LogP contribution >= 0.6 is 11.5 Å². The molecule has 1 aromatic heterocycles. The molecule has 0 radical (unpaired) electrons. The molecule has 5 heteroatoms. The second-order valence-corrected chi connectivity index (χ2v) is 2.33. The van der Waals surface area contributed by atoms with Gasteiger partial charge in [-0.1, -0.05) is 0 Å². The smallest absolute Gasteiger partial charge is 0.272 e. The maximum absolute atomic E-state index is 10.8. The Morgan fingerprint density at radius 3 is 3.00 bits per heavy atom. The van der Waals surface area contributed by atoms with E-state index in [9.17, 15) is 4.79 Å². The van der Waals surface area contributed by atoms with Crippen molar-refractivity contribution in [1.29, 1.82) is 0 Å². The Kier molecular flexibility index (Phi) is 1.86. The molecule has 0 aliphatic rings. The molecule has 0 aromatic carbocycles. The summed E-state index contributed by atoms with van der Waals surface area (Å²) in [6.45, 7) is 0. The molecule has 10 heavy (non-hydrogen) atoms. The maximum Gasteiger partial charge on any atom is 0.272 e. The molecule has 54 valence electrons. The highest BCUT2D eigenvalue weighted by atomic mass is 32.1. The number of nitrogen functional groups attached to an aromatic ring is 1. The van der Waals surface area contributed by atoms with Gasteiger partial charge in [0.05, 0.1) is 5.69 Å². The standard InChI is InChI=1S/C5H7N3OS/c1-7-5(9)4-3(6)2-10-8-4/h2H,6H2,1H3,(H,7,9). The lowest BCUT2D eigenvalue weighted by atomic mass is 10.4. The number of carbonyl (C=O) groups is 1. The molecule has 3 N–H and O–H groups in total. The van der Waals surface area contributed by atoms with Crippen molar-refractivity contribution in [2.45, 2.75) is 0 Å². The fraction of sp³-hybridized carbons (Fsp3) is 0.200. The van der Waals surface area contributed by atoms with Crippen molar-refractivity contribution in [2.24, 2.45) is 0 Å². The Labute approximate surface area is 62.2 Å². The monoisotopic (exact) mass is 157 g/mol. The van der Waals surface area contributed by atoms with Crippen molar-refractivity contribution >= 4 is 23.1 Å². The Balaban J connectivity index is 2.93. The summed E-state index contributed by atoms with van der Waals surface area (Å²) in [5, 5.41) is 4.06. The molecular formula is C5H7N3OS. The van der Waals surface area contributed by atoms with Crippen LogP contribution in [0.3, 0.4) is 0 Å². The molecule has 0 aliphatic carbocycles. The van der Waals surface area contributed by atoms with Gasteiger partial charge >= 0.3 is 0 Å². The molecule has 4 nitrogen and oxygen atoms in total. The van der Waals surface area contributed by atoms with Gasteiger partial charge in [0.25, 0.3) is 5.91 Å². The van der Waals surface area contributed by atoms with Crippen LogP contribution in [0.25, 0.3) is 0 Å². The van der Waals surface area contributed by atoms with Gasteiger partial charge in [-0.3, -0.25) is 4.79 Å². The number of amides is 1. The predicted molar refractivity (Wildman–Crippen MR) is 39.9 cm³/mol. The SMILES string of the molecule is CNC(=O)c1nscc1N. The fourth-order valence-electron chi connectivity index (χ4n) is 0.535. The molecule has 0 bridgehead atoms. The van der Waals surface area contributed by atoms with Crippen LogP contribution in [0.2, 0.25) is 0 Å². The van der Waals surface area contributed by atoms with Crippen molar-refractivity contribution in [3.8, 4) is 0 Å². The summed E-state index contributed by atoms with van der Waals surface area (Å²) >= 11 is 1.17. The number of nitrogens with two attached hydrogens (primary N) is 1. The van der Waals surface area contributed by atoms with Crippen LogP contribution in [0.4, 0.5) is 5.69 Å². The number of nitrogens with zero attached hydrogens (tertiary/aromatic N) is 1. The number of carbonyl (C=O) groups excluding carboxylic acids is 1. The second kappa shape index (κ2) is 2.66. The molecule has 0 fully saturated rings. The van der Waals surface area contributed by atoms with E-state index < -0.39 is 0 Å². The Morgan fingerprint density at radius 1 is 1.90 bits per heavy atom. The quantitative estimate of drug-likeness (QED) is 0.606. The first-order valence-electron chi connectivity index (χ1n) is 2.67. The third-order valence-corrected chi connectivity index (χ3v) is 1.69. The zero-order valence-electron chi connectivity index (χ0n) is 5.42. The minimum Gasteiger partial charge on any atom is -0.396 e. The molecule has 0 saturated heterocycles. The number of rotatable bonds is 1. The van der Waals surface area contributed by atoms with Crippen LogP contribution in [0, 0.1) is 0 Å². The molecule has 1 rings (SSSR count). The molecule has 0 saturated carbocycles. The fourth-order valence-corrected chi connectivity index (χ4v) is 1.11. The van der Waals surface area contributed by atoms with E-state index in [2.05, 4.69) is 9.69 Å². The molecule has 1 heterocycles. The number of hydrogen-bond donors (Lipinski definition) is 2. The van der Waals surface area contributed by atoms with Gasteiger partial charge in [0, 0.05) is 12.4 Å². The summed E-state index contributed by atoms with van der Waals surface area (Å²) in [4.78, 5) is 10.8. The van der Waals surface area contributed by atoms with Crippen molar-refractivity contribution in [3.05, 3.63) is 11.1 Å². The first kappa shape index (κ1) is 7.01. The van der Waals surface area contributed by atoms with E-state index in [0.717, 1.165) is 0 Å². The third kappa shape index (κ3) is 1.08. The predicted octanol–water partition coefficient (Wildman–Crippen LogP) is 0.0849.